The lowest BCUT2D eigenvalue weighted by Gasteiger charge is -2.40. The van der Waals surface area contributed by atoms with E-state index in [1.807, 2.05) is 11.3 Å². The van der Waals surface area contributed by atoms with Crippen molar-refractivity contribution < 1.29 is 9.47 Å². The lowest BCUT2D eigenvalue weighted by molar-refractivity contribution is 0.162. The quantitative estimate of drug-likeness (QED) is 0.769. The van der Waals surface area contributed by atoms with Crippen molar-refractivity contribution in [3.63, 3.8) is 0 Å². The third-order valence-corrected chi connectivity index (χ3v) is 6.59. The van der Waals surface area contributed by atoms with Crippen LogP contribution in [-0.2, 0) is 25.8 Å². The molecule has 1 aromatic carbocycles. The van der Waals surface area contributed by atoms with E-state index in [0.29, 0.717) is 18.7 Å². The van der Waals surface area contributed by atoms with Crippen LogP contribution in [0, 0.1) is 0 Å². The Morgan fingerprint density at radius 3 is 2.91 bits per heavy atom. The molecule has 2 aromatic rings. The largest absolute Gasteiger partial charge is 0.454 e. The fourth-order valence-electron chi connectivity index (χ4n) is 4.02. The molecule has 120 valence electrons. The number of nitrogens with zero attached hydrogens (tertiary/aromatic N) is 1. The molecule has 0 N–H and O–H groups in total. The minimum atomic E-state index is 0.351. The third-order valence-electron chi connectivity index (χ3n) is 5.14. The third kappa shape index (κ3) is 2.27. The van der Waals surface area contributed by atoms with Gasteiger partial charge in [0, 0.05) is 41.2 Å². The maximum absolute atomic E-state index is 5.91. The molecule has 0 bridgehead atoms. The molecule has 0 saturated carbocycles. The van der Waals surface area contributed by atoms with Crippen LogP contribution in [0.2, 0.25) is 0 Å². The van der Waals surface area contributed by atoms with Crippen molar-refractivity contribution in [3.05, 3.63) is 44.6 Å². The van der Waals surface area contributed by atoms with Gasteiger partial charge in [-0.3, -0.25) is 4.90 Å². The Morgan fingerprint density at radius 1 is 1.17 bits per heavy atom. The van der Waals surface area contributed by atoms with E-state index in [2.05, 4.69) is 23.1 Å². The minimum absolute atomic E-state index is 0.351. The summed E-state index contributed by atoms with van der Waals surface area (Å²) >= 11 is 7.86. The Bertz CT molecular complexity index is 773. The number of ether oxygens (including phenoxy) is 2. The number of alkyl halides is 1. The number of thiophene rings is 1. The standard InChI is InChI=1S/C18H18ClNO2S/c19-3-1-13-5-12-9-20-4-2-11-6-16-17(22-10-21-16)7-14(11)15(20)8-18(12)23-13/h5-7,15H,1-4,8-10H2. The van der Waals surface area contributed by atoms with Crippen LogP contribution in [0.5, 0.6) is 11.5 Å². The molecule has 0 aliphatic carbocycles. The molecule has 0 fully saturated rings. The number of benzene rings is 1. The van der Waals surface area contributed by atoms with E-state index in [9.17, 15) is 0 Å². The van der Waals surface area contributed by atoms with Gasteiger partial charge in [-0.2, -0.15) is 0 Å². The highest BCUT2D eigenvalue weighted by Crippen LogP contribution is 2.45. The first kappa shape index (κ1) is 14.1. The molecule has 3 nitrogen and oxygen atoms in total. The smallest absolute Gasteiger partial charge is 0.231 e. The molecule has 1 unspecified atom stereocenters. The van der Waals surface area contributed by atoms with Crippen LogP contribution in [0.15, 0.2) is 18.2 Å². The first-order chi connectivity index (χ1) is 11.3. The van der Waals surface area contributed by atoms with Gasteiger partial charge < -0.3 is 9.47 Å². The van der Waals surface area contributed by atoms with Crippen molar-refractivity contribution in [1.82, 2.24) is 4.90 Å². The van der Waals surface area contributed by atoms with Crippen LogP contribution < -0.4 is 9.47 Å². The SMILES string of the molecule is ClCCc1cc2c(s1)CC1c3cc4c(cc3CCN1C2)OCO4. The highest BCUT2D eigenvalue weighted by molar-refractivity contribution is 7.12. The van der Waals surface area contributed by atoms with E-state index in [-0.39, 0.29) is 0 Å². The van der Waals surface area contributed by atoms with E-state index < -0.39 is 0 Å². The van der Waals surface area contributed by atoms with Gasteiger partial charge in [0.25, 0.3) is 0 Å². The lowest BCUT2D eigenvalue weighted by Crippen LogP contribution is -2.38. The van der Waals surface area contributed by atoms with Gasteiger partial charge in [0.15, 0.2) is 11.5 Å². The van der Waals surface area contributed by atoms with Crippen molar-refractivity contribution >= 4 is 22.9 Å². The fourth-order valence-corrected chi connectivity index (χ4v) is 5.55. The van der Waals surface area contributed by atoms with E-state index in [1.165, 1.54) is 26.4 Å². The number of rotatable bonds is 2. The van der Waals surface area contributed by atoms with Gasteiger partial charge in [0.2, 0.25) is 6.79 Å². The summed E-state index contributed by atoms with van der Waals surface area (Å²) in [7, 11) is 0. The average Bonchev–Trinajstić information content (AvgIpc) is 3.16. The van der Waals surface area contributed by atoms with Gasteiger partial charge in [-0.15, -0.1) is 22.9 Å². The van der Waals surface area contributed by atoms with Gasteiger partial charge in [-0.25, -0.2) is 0 Å². The Hall–Kier alpha value is -1.23. The summed E-state index contributed by atoms with van der Waals surface area (Å²) in [6.07, 6.45) is 3.19. The zero-order valence-corrected chi connectivity index (χ0v) is 14.4. The second kappa shape index (κ2) is 5.40. The molecule has 5 heteroatoms. The van der Waals surface area contributed by atoms with Crippen molar-refractivity contribution in [2.75, 3.05) is 19.2 Å². The molecule has 0 spiro atoms. The van der Waals surface area contributed by atoms with E-state index >= 15 is 0 Å². The van der Waals surface area contributed by atoms with Gasteiger partial charge in [-0.05, 0) is 47.7 Å². The Kier molecular flexibility index (Phi) is 3.32. The summed E-state index contributed by atoms with van der Waals surface area (Å²) in [4.78, 5) is 5.58. The molecular weight excluding hydrogens is 330 g/mol. The predicted octanol–water partition coefficient (Wildman–Crippen LogP) is 3.91. The van der Waals surface area contributed by atoms with Gasteiger partial charge >= 0.3 is 0 Å². The van der Waals surface area contributed by atoms with Crippen LogP contribution in [0.1, 0.15) is 32.5 Å². The fraction of sp³-hybridized carbons (Fsp3) is 0.444. The Labute approximate surface area is 144 Å². The maximum Gasteiger partial charge on any atom is 0.231 e. The van der Waals surface area contributed by atoms with E-state index in [4.69, 9.17) is 21.1 Å². The number of hydrogen-bond donors (Lipinski definition) is 0. The summed E-state index contributed by atoms with van der Waals surface area (Å²) in [5, 5.41) is 0. The molecule has 4 heterocycles. The van der Waals surface area contributed by atoms with E-state index in [1.54, 1.807) is 0 Å². The molecule has 1 atom stereocenters. The summed E-state index contributed by atoms with van der Waals surface area (Å²) < 4.78 is 11.1. The number of aryl methyl sites for hydroxylation is 1. The minimum Gasteiger partial charge on any atom is -0.454 e. The molecule has 23 heavy (non-hydrogen) atoms. The normalized spacial score (nSPS) is 21.7. The Morgan fingerprint density at radius 2 is 2.04 bits per heavy atom. The molecule has 3 aliphatic rings. The van der Waals surface area contributed by atoms with Crippen LogP contribution in [0.3, 0.4) is 0 Å². The Balaban J connectivity index is 1.52. The number of fused-ring (bicyclic) bond motifs is 5. The van der Waals surface area contributed by atoms with Gasteiger partial charge in [-0.1, -0.05) is 0 Å². The molecular formula is C18H18ClNO2S. The average molecular weight is 348 g/mol. The second-order valence-corrected chi connectivity index (χ2v) is 8.04. The second-order valence-electron chi connectivity index (χ2n) is 6.44. The van der Waals surface area contributed by atoms with Crippen molar-refractivity contribution in [3.8, 4) is 11.5 Å². The molecule has 0 saturated heterocycles. The van der Waals surface area contributed by atoms with E-state index in [0.717, 1.165) is 43.9 Å². The summed E-state index contributed by atoms with van der Waals surface area (Å²) in [5.74, 6) is 2.53. The molecule has 0 amide bonds. The highest BCUT2D eigenvalue weighted by atomic mass is 35.5. The molecule has 0 radical (unpaired) electrons. The van der Waals surface area contributed by atoms with Crippen molar-refractivity contribution in [1.29, 1.82) is 0 Å². The molecule has 3 aliphatic heterocycles. The zero-order valence-electron chi connectivity index (χ0n) is 12.8. The van der Waals surface area contributed by atoms with Crippen LogP contribution in [-0.4, -0.2) is 24.1 Å². The summed E-state index contributed by atoms with van der Waals surface area (Å²) in [5.41, 5.74) is 4.37. The summed E-state index contributed by atoms with van der Waals surface area (Å²) in [6.45, 7) is 2.54. The highest BCUT2D eigenvalue weighted by Gasteiger charge is 2.34. The van der Waals surface area contributed by atoms with Crippen molar-refractivity contribution in [2.24, 2.45) is 0 Å². The maximum atomic E-state index is 5.91. The topological polar surface area (TPSA) is 21.7 Å². The zero-order chi connectivity index (χ0) is 15.4. The first-order valence-electron chi connectivity index (χ1n) is 8.14. The first-order valence-corrected chi connectivity index (χ1v) is 9.50. The van der Waals surface area contributed by atoms with Crippen LogP contribution in [0.4, 0.5) is 0 Å². The number of hydrogen-bond acceptors (Lipinski definition) is 4. The van der Waals surface area contributed by atoms with Crippen LogP contribution in [0.25, 0.3) is 0 Å². The van der Waals surface area contributed by atoms with Gasteiger partial charge in [0.05, 0.1) is 0 Å². The van der Waals surface area contributed by atoms with Crippen LogP contribution >= 0.6 is 22.9 Å². The molecule has 5 rings (SSSR count). The monoisotopic (exact) mass is 347 g/mol. The van der Waals surface area contributed by atoms with Gasteiger partial charge in [0.1, 0.15) is 0 Å². The number of halogens is 1. The predicted molar refractivity (Wildman–Crippen MR) is 91.9 cm³/mol. The van der Waals surface area contributed by atoms with Crippen molar-refractivity contribution in [2.45, 2.75) is 31.8 Å². The molecule has 1 aromatic heterocycles. The summed E-state index contributed by atoms with van der Waals surface area (Å²) in [6, 6.07) is 7.25. The lowest BCUT2D eigenvalue weighted by atomic mass is 9.86.